The first kappa shape index (κ1) is 16.0. The van der Waals surface area contributed by atoms with Gasteiger partial charge in [0, 0.05) is 13.1 Å². The summed E-state index contributed by atoms with van der Waals surface area (Å²) < 4.78 is 26.6. The lowest BCUT2D eigenvalue weighted by atomic mass is 9.99. The van der Waals surface area contributed by atoms with Crippen LogP contribution in [0.2, 0.25) is 0 Å². The first-order chi connectivity index (χ1) is 9.82. The largest absolute Gasteiger partial charge is 0.481 e. The van der Waals surface area contributed by atoms with Crippen molar-refractivity contribution in [3.8, 4) is 0 Å². The molecule has 0 spiro atoms. The lowest BCUT2D eigenvalue weighted by molar-refractivity contribution is -0.142. The van der Waals surface area contributed by atoms with E-state index in [-0.39, 0.29) is 19.0 Å². The van der Waals surface area contributed by atoms with Crippen LogP contribution in [0, 0.1) is 5.92 Å². The molecule has 1 aromatic rings. The number of carboxylic acids is 1. The van der Waals surface area contributed by atoms with Gasteiger partial charge in [0.05, 0.1) is 10.8 Å². The number of carboxylic acid groups (broad SMARTS) is 1. The molecule has 116 valence electrons. The molecule has 1 N–H and O–H groups in total. The number of benzene rings is 1. The van der Waals surface area contributed by atoms with Gasteiger partial charge < -0.3 is 5.11 Å². The predicted octanol–water partition coefficient (Wildman–Crippen LogP) is 2.30. The summed E-state index contributed by atoms with van der Waals surface area (Å²) in [5.41, 5.74) is 0.983. The van der Waals surface area contributed by atoms with Crippen LogP contribution in [0.1, 0.15) is 38.2 Å². The molecule has 1 aliphatic rings. The minimum Gasteiger partial charge on any atom is -0.481 e. The third kappa shape index (κ3) is 3.44. The van der Waals surface area contributed by atoms with Crippen molar-refractivity contribution in [3.63, 3.8) is 0 Å². The quantitative estimate of drug-likeness (QED) is 0.926. The zero-order valence-electron chi connectivity index (χ0n) is 12.3. The predicted molar refractivity (Wildman–Crippen MR) is 79.6 cm³/mol. The minimum atomic E-state index is -3.53. The molecule has 1 heterocycles. The number of rotatable bonds is 4. The van der Waals surface area contributed by atoms with Gasteiger partial charge in [-0.25, -0.2) is 8.42 Å². The summed E-state index contributed by atoms with van der Waals surface area (Å²) in [6.07, 6.45) is 0.747. The van der Waals surface area contributed by atoms with Gasteiger partial charge in [-0.3, -0.25) is 4.79 Å². The molecule has 1 saturated heterocycles. The summed E-state index contributed by atoms with van der Waals surface area (Å²) in [5, 5.41) is 8.97. The molecule has 21 heavy (non-hydrogen) atoms. The van der Waals surface area contributed by atoms with Gasteiger partial charge in [0.1, 0.15) is 0 Å². The molecule has 0 bridgehead atoms. The fourth-order valence-corrected chi connectivity index (χ4v) is 4.05. The number of piperidine rings is 1. The molecule has 6 heteroatoms. The van der Waals surface area contributed by atoms with Crippen molar-refractivity contribution < 1.29 is 18.3 Å². The zero-order valence-corrected chi connectivity index (χ0v) is 13.1. The summed E-state index contributed by atoms with van der Waals surface area (Å²) in [7, 11) is -3.53. The Kier molecular flexibility index (Phi) is 4.68. The van der Waals surface area contributed by atoms with E-state index in [0.717, 1.165) is 5.56 Å². The Labute approximate surface area is 125 Å². The summed E-state index contributed by atoms with van der Waals surface area (Å²) in [6, 6.07) is 6.99. The van der Waals surface area contributed by atoms with Crippen molar-refractivity contribution in [2.24, 2.45) is 5.92 Å². The fourth-order valence-electron chi connectivity index (χ4n) is 2.53. The molecule has 0 aromatic heterocycles. The van der Waals surface area contributed by atoms with Crippen molar-refractivity contribution in [3.05, 3.63) is 29.8 Å². The van der Waals surface area contributed by atoms with Crippen LogP contribution in [0.3, 0.4) is 0 Å². The van der Waals surface area contributed by atoms with Gasteiger partial charge in [-0.05, 0) is 36.5 Å². The molecule has 2 rings (SSSR count). The molecule has 0 unspecified atom stereocenters. The molecule has 0 amide bonds. The maximum absolute atomic E-state index is 12.6. The molecule has 1 fully saturated rings. The SMILES string of the molecule is CC(C)c1cccc(S(=O)(=O)N2CCC(C(=O)O)CC2)c1. The van der Waals surface area contributed by atoms with Gasteiger partial charge in [-0.15, -0.1) is 0 Å². The normalized spacial score (nSPS) is 18.0. The van der Waals surface area contributed by atoms with E-state index in [0.29, 0.717) is 17.7 Å². The smallest absolute Gasteiger partial charge is 0.306 e. The van der Waals surface area contributed by atoms with Gasteiger partial charge >= 0.3 is 5.97 Å². The van der Waals surface area contributed by atoms with E-state index < -0.39 is 21.9 Å². The molecule has 1 aliphatic heterocycles. The van der Waals surface area contributed by atoms with Crippen LogP contribution in [0.5, 0.6) is 0 Å². The lowest BCUT2D eigenvalue weighted by Crippen LogP contribution is -2.40. The summed E-state index contributed by atoms with van der Waals surface area (Å²) in [6.45, 7) is 4.57. The van der Waals surface area contributed by atoms with Crippen molar-refractivity contribution >= 4 is 16.0 Å². The average molecular weight is 311 g/mol. The Morgan fingerprint density at radius 3 is 2.43 bits per heavy atom. The van der Waals surface area contributed by atoms with E-state index in [9.17, 15) is 13.2 Å². The van der Waals surface area contributed by atoms with E-state index in [1.165, 1.54) is 4.31 Å². The van der Waals surface area contributed by atoms with Crippen LogP contribution < -0.4 is 0 Å². The minimum absolute atomic E-state index is 0.262. The van der Waals surface area contributed by atoms with E-state index in [1.807, 2.05) is 19.9 Å². The Morgan fingerprint density at radius 1 is 1.29 bits per heavy atom. The van der Waals surface area contributed by atoms with Crippen LogP contribution in [0.15, 0.2) is 29.2 Å². The monoisotopic (exact) mass is 311 g/mol. The Bertz CT molecular complexity index is 616. The third-order valence-electron chi connectivity index (χ3n) is 3.97. The van der Waals surface area contributed by atoms with Crippen molar-refractivity contribution in [1.82, 2.24) is 4.31 Å². The highest BCUT2D eigenvalue weighted by atomic mass is 32.2. The average Bonchev–Trinajstić information content (AvgIpc) is 2.47. The maximum atomic E-state index is 12.6. The Hall–Kier alpha value is -1.40. The van der Waals surface area contributed by atoms with Gasteiger partial charge in [-0.2, -0.15) is 4.31 Å². The first-order valence-electron chi connectivity index (χ1n) is 7.15. The van der Waals surface area contributed by atoms with Gasteiger partial charge in [0.25, 0.3) is 0 Å². The molecule has 5 nitrogen and oxygen atoms in total. The highest BCUT2D eigenvalue weighted by molar-refractivity contribution is 7.89. The van der Waals surface area contributed by atoms with E-state index in [2.05, 4.69) is 0 Å². The van der Waals surface area contributed by atoms with Crippen molar-refractivity contribution in [2.45, 2.75) is 37.5 Å². The van der Waals surface area contributed by atoms with Gasteiger partial charge in [0.15, 0.2) is 0 Å². The summed E-state index contributed by atoms with van der Waals surface area (Å²) in [4.78, 5) is 11.2. The molecular weight excluding hydrogens is 290 g/mol. The third-order valence-corrected chi connectivity index (χ3v) is 5.86. The number of carbonyl (C=O) groups is 1. The summed E-state index contributed by atoms with van der Waals surface area (Å²) >= 11 is 0. The van der Waals surface area contributed by atoms with Gasteiger partial charge in [-0.1, -0.05) is 26.0 Å². The maximum Gasteiger partial charge on any atom is 0.306 e. The van der Waals surface area contributed by atoms with Crippen molar-refractivity contribution in [2.75, 3.05) is 13.1 Å². The topological polar surface area (TPSA) is 74.7 Å². The van der Waals surface area contributed by atoms with E-state index >= 15 is 0 Å². The number of sulfonamides is 1. The fraction of sp³-hybridized carbons (Fsp3) is 0.533. The van der Waals surface area contributed by atoms with Crippen LogP contribution >= 0.6 is 0 Å². The number of aliphatic carboxylic acids is 1. The van der Waals surface area contributed by atoms with Crippen LogP contribution in [0.25, 0.3) is 0 Å². The second-order valence-electron chi connectivity index (χ2n) is 5.74. The second kappa shape index (κ2) is 6.15. The molecular formula is C15H21NO4S. The van der Waals surface area contributed by atoms with Crippen LogP contribution in [-0.2, 0) is 14.8 Å². The Morgan fingerprint density at radius 2 is 1.90 bits per heavy atom. The number of hydrogen-bond donors (Lipinski definition) is 1. The van der Waals surface area contributed by atoms with Crippen LogP contribution in [-0.4, -0.2) is 36.9 Å². The zero-order chi connectivity index (χ0) is 15.6. The van der Waals surface area contributed by atoms with E-state index in [4.69, 9.17) is 5.11 Å². The molecule has 0 atom stereocenters. The highest BCUT2D eigenvalue weighted by Crippen LogP contribution is 2.25. The first-order valence-corrected chi connectivity index (χ1v) is 8.59. The standard InChI is InChI=1S/C15H21NO4S/c1-11(2)13-4-3-5-14(10-13)21(19,20)16-8-6-12(7-9-16)15(17)18/h3-5,10-12H,6-9H2,1-2H3,(H,17,18). The molecule has 0 saturated carbocycles. The van der Waals surface area contributed by atoms with Gasteiger partial charge in [0.2, 0.25) is 10.0 Å². The molecule has 0 aliphatic carbocycles. The molecule has 0 radical (unpaired) electrons. The second-order valence-corrected chi connectivity index (χ2v) is 7.68. The van der Waals surface area contributed by atoms with Crippen molar-refractivity contribution in [1.29, 1.82) is 0 Å². The Balaban J connectivity index is 2.19. The number of nitrogens with zero attached hydrogens (tertiary/aromatic N) is 1. The van der Waals surface area contributed by atoms with Crippen LogP contribution in [0.4, 0.5) is 0 Å². The highest BCUT2D eigenvalue weighted by Gasteiger charge is 2.32. The van der Waals surface area contributed by atoms with E-state index in [1.54, 1.807) is 18.2 Å². The summed E-state index contributed by atoms with van der Waals surface area (Å²) in [5.74, 6) is -1.01. The number of hydrogen-bond acceptors (Lipinski definition) is 3. The molecule has 1 aromatic carbocycles. The lowest BCUT2D eigenvalue weighted by Gasteiger charge is -2.29.